The summed E-state index contributed by atoms with van der Waals surface area (Å²) in [7, 11) is -3.54. The summed E-state index contributed by atoms with van der Waals surface area (Å²) in [5, 5.41) is 0.211. The third-order valence-corrected chi connectivity index (χ3v) is 5.92. The van der Waals surface area contributed by atoms with E-state index in [1.165, 1.54) is 6.07 Å². The first-order valence-corrected chi connectivity index (χ1v) is 9.02. The molecule has 0 heterocycles. The van der Waals surface area contributed by atoms with E-state index >= 15 is 0 Å². The van der Waals surface area contributed by atoms with Gasteiger partial charge in [0.05, 0.1) is 5.02 Å². The lowest BCUT2D eigenvalue weighted by molar-refractivity contribution is 0.577. The molecule has 1 rings (SSSR count). The SMILES string of the molecule is CCC(Br)CCNS(=O)(=O)c1ccc(Br)cc1Cl. The van der Waals surface area contributed by atoms with Crippen molar-refractivity contribution in [1.82, 2.24) is 4.72 Å². The van der Waals surface area contributed by atoms with Gasteiger partial charge in [-0.3, -0.25) is 0 Å². The van der Waals surface area contributed by atoms with Gasteiger partial charge in [0, 0.05) is 15.8 Å². The number of hydrogen-bond donors (Lipinski definition) is 1. The monoisotopic (exact) mass is 417 g/mol. The van der Waals surface area contributed by atoms with Crippen molar-refractivity contribution in [1.29, 1.82) is 0 Å². The maximum atomic E-state index is 12.0. The van der Waals surface area contributed by atoms with E-state index in [4.69, 9.17) is 11.6 Å². The maximum absolute atomic E-state index is 12.0. The van der Waals surface area contributed by atoms with Crippen molar-refractivity contribution in [3.8, 4) is 0 Å². The number of sulfonamides is 1. The van der Waals surface area contributed by atoms with Crippen molar-refractivity contribution in [2.24, 2.45) is 0 Å². The van der Waals surface area contributed by atoms with Gasteiger partial charge in [0.15, 0.2) is 0 Å². The first-order chi connectivity index (χ1) is 8.36. The third-order valence-electron chi connectivity index (χ3n) is 2.38. The third kappa shape index (κ3) is 4.81. The zero-order valence-corrected chi connectivity index (χ0v) is 14.5. The van der Waals surface area contributed by atoms with E-state index in [-0.39, 0.29) is 9.92 Å². The smallest absolute Gasteiger partial charge is 0.211 e. The Bertz CT molecular complexity index is 508. The summed E-state index contributed by atoms with van der Waals surface area (Å²) >= 11 is 12.6. The molecule has 0 radical (unpaired) electrons. The Hall–Kier alpha value is 0.380. The van der Waals surface area contributed by atoms with E-state index in [0.717, 1.165) is 17.3 Å². The van der Waals surface area contributed by atoms with Crippen molar-refractivity contribution in [2.75, 3.05) is 6.54 Å². The molecule has 0 saturated carbocycles. The van der Waals surface area contributed by atoms with Crippen molar-refractivity contribution >= 4 is 53.5 Å². The van der Waals surface area contributed by atoms with Crippen molar-refractivity contribution < 1.29 is 8.42 Å². The number of benzene rings is 1. The first-order valence-electron chi connectivity index (χ1n) is 5.45. The van der Waals surface area contributed by atoms with E-state index in [2.05, 4.69) is 36.6 Å². The summed E-state index contributed by atoms with van der Waals surface area (Å²) in [4.78, 5) is 0.426. The molecule has 0 aliphatic rings. The average molecular weight is 420 g/mol. The molecule has 3 nitrogen and oxygen atoms in total. The fourth-order valence-corrected chi connectivity index (χ4v) is 3.64. The zero-order valence-electron chi connectivity index (χ0n) is 9.79. The molecule has 0 aliphatic carbocycles. The van der Waals surface area contributed by atoms with Crippen LogP contribution in [0.4, 0.5) is 0 Å². The Morgan fingerprint density at radius 1 is 1.44 bits per heavy atom. The second-order valence-electron chi connectivity index (χ2n) is 3.77. The summed E-state index contributed by atoms with van der Waals surface area (Å²) in [6.45, 7) is 2.43. The first kappa shape index (κ1) is 16.4. The molecule has 102 valence electrons. The average Bonchev–Trinajstić information content (AvgIpc) is 2.27. The molecule has 1 atom stereocenters. The van der Waals surface area contributed by atoms with Crippen LogP contribution in [0.1, 0.15) is 19.8 Å². The van der Waals surface area contributed by atoms with Gasteiger partial charge in [-0.05, 0) is 31.0 Å². The number of hydrogen-bond acceptors (Lipinski definition) is 2. The van der Waals surface area contributed by atoms with Crippen LogP contribution >= 0.6 is 43.5 Å². The summed E-state index contributed by atoms with van der Waals surface area (Å²) in [5.41, 5.74) is 0. The molecule has 0 aliphatic heterocycles. The fourth-order valence-electron chi connectivity index (χ4n) is 1.32. The van der Waals surface area contributed by atoms with Gasteiger partial charge in [0.1, 0.15) is 4.90 Å². The molecular formula is C11H14Br2ClNO2S. The van der Waals surface area contributed by atoms with Crippen LogP contribution in [-0.2, 0) is 10.0 Å². The summed E-state index contributed by atoms with van der Waals surface area (Å²) < 4.78 is 27.3. The summed E-state index contributed by atoms with van der Waals surface area (Å²) in [5.74, 6) is 0. The van der Waals surface area contributed by atoms with Crippen molar-refractivity contribution in [3.63, 3.8) is 0 Å². The molecular weight excluding hydrogens is 405 g/mol. The highest BCUT2D eigenvalue weighted by Gasteiger charge is 2.17. The lowest BCUT2D eigenvalue weighted by Gasteiger charge is -2.10. The van der Waals surface area contributed by atoms with Gasteiger partial charge in [0.2, 0.25) is 10.0 Å². The van der Waals surface area contributed by atoms with Gasteiger partial charge >= 0.3 is 0 Å². The van der Waals surface area contributed by atoms with Crippen LogP contribution in [0.3, 0.4) is 0 Å². The molecule has 0 bridgehead atoms. The quantitative estimate of drug-likeness (QED) is 0.710. The standard InChI is InChI=1S/C11H14Br2ClNO2S/c1-2-8(12)5-6-15-18(16,17)11-4-3-9(13)7-10(11)14/h3-4,7-8,15H,2,5-6H2,1H3. The molecule has 1 aromatic carbocycles. The van der Waals surface area contributed by atoms with Crippen LogP contribution in [-0.4, -0.2) is 19.8 Å². The minimum Gasteiger partial charge on any atom is -0.211 e. The zero-order chi connectivity index (χ0) is 13.8. The predicted molar refractivity (Wildman–Crippen MR) is 82.0 cm³/mol. The van der Waals surface area contributed by atoms with E-state index in [1.54, 1.807) is 12.1 Å². The Morgan fingerprint density at radius 2 is 2.11 bits per heavy atom. The summed E-state index contributed by atoms with van der Waals surface area (Å²) in [6, 6.07) is 4.70. The van der Waals surface area contributed by atoms with Crippen LogP contribution in [0.2, 0.25) is 5.02 Å². The second-order valence-corrected chi connectivity index (χ2v) is 8.12. The lowest BCUT2D eigenvalue weighted by Crippen LogP contribution is -2.26. The summed E-state index contributed by atoms with van der Waals surface area (Å²) in [6.07, 6.45) is 1.70. The number of alkyl halides is 1. The van der Waals surface area contributed by atoms with E-state index in [9.17, 15) is 8.42 Å². The minimum atomic E-state index is -3.54. The fraction of sp³-hybridized carbons (Fsp3) is 0.455. The van der Waals surface area contributed by atoms with E-state index in [0.29, 0.717) is 11.4 Å². The second kappa shape index (κ2) is 7.24. The molecule has 0 amide bonds. The molecule has 7 heteroatoms. The Morgan fingerprint density at radius 3 is 2.67 bits per heavy atom. The Kier molecular flexibility index (Phi) is 6.61. The van der Waals surface area contributed by atoms with E-state index in [1.807, 2.05) is 6.92 Å². The number of nitrogens with one attached hydrogen (secondary N) is 1. The lowest BCUT2D eigenvalue weighted by atomic mass is 10.2. The van der Waals surface area contributed by atoms with Gasteiger partial charge in [-0.25, -0.2) is 13.1 Å². The molecule has 1 aromatic rings. The Labute approximate surface area is 130 Å². The molecule has 0 spiro atoms. The van der Waals surface area contributed by atoms with Gasteiger partial charge in [-0.15, -0.1) is 0 Å². The van der Waals surface area contributed by atoms with Crippen LogP contribution in [0.5, 0.6) is 0 Å². The normalized spacial score (nSPS) is 13.6. The van der Waals surface area contributed by atoms with Crippen LogP contribution < -0.4 is 4.72 Å². The number of halogens is 3. The minimum absolute atomic E-state index is 0.106. The topological polar surface area (TPSA) is 46.2 Å². The molecule has 18 heavy (non-hydrogen) atoms. The van der Waals surface area contributed by atoms with Gasteiger partial charge in [0.25, 0.3) is 0 Å². The maximum Gasteiger partial charge on any atom is 0.242 e. The predicted octanol–water partition coefficient (Wildman–Crippen LogP) is 3.94. The molecule has 1 unspecified atom stereocenters. The highest BCUT2D eigenvalue weighted by Crippen LogP contribution is 2.25. The molecule has 1 N–H and O–H groups in total. The van der Waals surface area contributed by atoms with E-state index < -0.39 is 10.0 Å². The largest absolute Gasteiger partial charge is 0.242 e. The molecule has 0 saturated heterocycles. The van der Waals surface area contributed by atoms with Crippen molar-refractivity contribution in [2.45, 2.75) is 29.5 Å². The van der Waals surface area contributed by atoms with Gasteiger partial charge in [-0.2, -0.15) is 0 Å². The van der Waals surface area contributed by atoms with Crippen LogP contribution in [0.25, 0.3) is 0 Å². The van der Waals surface area contributed by atoms with Crippen molar-refractivity contribution in [3.05, 3.63) is 27.7 Å². The highest BCUT2D eigenvalue weighted by atomic mass is 79.9. The molecule has 0 aromatic heterocycles. The number of rotatable bonds is 6. The van der Waals surface area contributed by atoms with Crippen LogP contribution in [0.15, 0.2) is 27.6 Å². The van der Waals surface area contributed by atoms with Gasteiger partial charge < -0.3 is 0 Å². The van der Waals surface area contributed by atoms with Gasteiger partial charge in [-0.1, -0.05) is 50.4 Å². The molecule has 0 fully saturated rings. The Balaban J connectivity index is 2.74. The highest BCUT2D eigenvalue weighted by molar-refractivity contribution is 9.10. The van der Waals surface area contributed by atoms with Crippen LogP contribution in [0, 0.1) is 0 Å².